The fourth-order valence-corrected chi connectivity index (χ4v) is 0.781. The lowest BCUT2D eigenvalue weighted by molar-refractivity contribution is -0.131. The molecule has 0 bridgehead atoms. The molecule has 0 saturated heterocycles. The molecule has 0 unspecified atom stereocenters. The quantitative estimate of drug-likeness (QED) is 0.324. The number of aliphatic hydroxyl groups excluding tert-OH is 4. The van der Waals surface area contributed by atoms with Crippen LogP contribution in [0.4, 0.5) is 0 Å². The summed E-state index contributed by atoms with van der Waals surface area (Å²) in [5, 5.41) is 37.6. The first-order valence-electron chi connectivity index (χ1n) is 3.89. The average molecular weight is 193 g/mol. The zero-order valence-corrected chi connectivity index (χ0v) is 7.34. The van der Waals surface area contributed by atoms with Crippen LogP contribution in [0.3, 0.4) is 0 Å². The zero-order valence-electron chi connectivity index (χ0n) is 7.34. The van der Waals surface area contributed by atoms with E-state index in [1.807, 2.05) is 0 Å². The van der Waals surface area contributed by atoms with E-state index < -0.39 is 30.8 Å². The molecule has 6 nitrogen and oxygen atoms in total. The van der Waals surface area contributed by atoms with E-state index in [1.165, 1.54) is 7.05 Å². The van der Waals surface area contributed by atoms with Gasteiger partial charge in [0.15, 0.2) is 0 Å². The number of hydrogen-bond donors (Lipinski definition) is 5. The summed E-state index contributed by atoms with van der Waals surface area (Å²) in [4.78, 5) is 10.7. The number of hydrogen-bond acceptors (Lipinski definition) is 5. The van der Waals surface area contributed by atoms with Crippen LogP contribution in [-0.4, -0.2) is 58.3 Å². The molecular weight excluding hydrogens is 178 g/mol. The van der Waals surface area contributed by atoms with E-state index in [9.17, 15) is 4.79 Å². The minimum atomic E-state index is -1.37. The van der Waals surface area contributed by atoms with Crippen molar-refractivity contribution in [3.05, 3.63) is 0 Å². The van der Waals surface area contributed by atoms with Gasteiger partial charge in [-0.05, 0) is 0 Å². The highest BCUT2D eigenvalue weighted by molar-refractivity contribution is 5.80. The SMILES string of the molecule is CNC(=O)[C@H](O)C[C@@H](O)[C@H](O)CO. The van der Waals surface area contributed by atoms with Crippen molar-refractivity contribution in [1.29, 1.82) is 0 Å². The summed E-state index contributed by atoms with van der Waals surface area (Å²) in [5.74, 6) is -0.635. The van der Waals surface area contributed by atoms with Crippen molar-refractivity contribution in [1.82, 2.24) is 5.32 Å². The summed E-state index contributed by atoms with van der Waals surface area (Å²) in [6.07, 6.45) is -4.32. The number of nitrogens with one attached hydrogen (secondary N) is 1. The van der Waals surface area contributed by atoms with Crippen LogP contribution >= 0.6 is 0 Å². The molecule has 0 aliphatic rings. The van der Waals surface area contributed by atoms with Crippen LogP contribution in [0.25, 0.3) is 0 Å². The fraction of sp³-hybridized carbons (Fsp3) is 0.857. The lowest BCUT2D eigenvalue weighted by Crippen LogP contribution is -2.39. The Balaban J connectivity index is 3.90. The van der Waals surface area contributed by atoms with Crippen LogP contribution in [0.15, 0.2) is 0 Å². The fourth-order valence-electron chi connectivity index (χ4n) is 0.781. The van der Waals surface area contributed by atoms with E-state index in [-0.39, 0.29) is 6.42 Å². The number of rotatable bonds is 5. The van der Waals surface area contributed by atoms with Crippen molar-refractivity contribution in [2.75, 3.05) is 13.7 Å². The molecule has 5 N–H and O–H groups in total. The Morgan fingerprint density at radius 3 is 2.23 bits per heavy atom. The first-order chi connectivity index (χ1) is 6.02. The van der Waals surface area contributed by atoms with E-state index in [4.69, 9.17) is 20.4 Å². The van der Waals surface area contributed by atoms with Crippen molar-refractivity contribution in [2.45, 2.75) is 24.7 Å². The molecule has 0 aliphatic heterocycles. The summed E-state index contributed by atoms with van der Waals surface area (Å²) >= 11 is 0. The molecule has 1 amide bonds. The van der Waals surface area contributed by atoms with E-state index in [1.54, 1.807) is 0 Å². The lowest BCUT2D eigenvalue weighted by Gasteiger charge is -2.17. The van der Waals surface area contributed by atoms with Crippen molar-refractivity contribution in [3.63, 3.8) is 0 Å². The van der Waals surface area contributed by atoms with E-state index in [0.29, 0.717) is 0 Å². The third-order valence-electron chi connectivity index (χ3n) is 1.65. The Labute approximate surface area is 75.8 Å². The Morgan fingerprint density at radius 2 is 1.85 bits per heavy atom. The van der Waals surface area contributed by atoms with Gasteiger partial charge in [0.1, 0.15) is 12.2 Å². The van der Waals surface area contributed by atoms with Gasteiger partial charge in [0.25, 0.3) is 0 Å². The highest BCUT2D eigenvalue weighted by atomic mass is 16.4. The van der Waals surface area contributed by atoms with Gasteiger partial charge < -0.3 is 25.7 Å². The molecule has 0 spiro atoms. The van der Waals surface area contributed by atoms with Crippen LogP contribution in [0.1, 0.15) is 6.42 Å². The third kappa shape index (κ3) is 4.18. The summed E-state index contributed by atoms with van der Waals surface area (Å²) < 4.78 is 0. The van der Waals surface area contributed by atoms with E-state index in [0.717, 1.165) is 0 Å². The minimum absolute atomic E-state index is 0.304. The molecule has 78 valence electrons. The number of carbonyl (C=O) groups excluding carboxylic acids is 1. The Kier molecular flexibility index (Phi) is 5.56. The molecule has 3 atom stereocenters. The van der Waals surface area contributed by atoms with Crippen molar-refractivity contribution >= 4 is 5.91 Å². The molecule has 6 heteroatoms. The van der Waals surface area contributed by atoms with Crippen LogP contribution in [0, 0.1) is 0 Å². The molecular formula is C7H15NO5. The molecule has 13 heavy (non-hydrogen) atoms. The highest BCUT2D eigenvalue weighted by Crippen LogP contribution is 2.02. The van der Waals surface area contributed by atoms with Crippen LogP contribution in [0.2, 0.25) is 0 Å². The van der Waals surface area contributed by atoms with Crippen LogP contribution in [-0.2, 0) is 4.79 Å². The van der Waals surface area contributed by atoms with Gasteiger partial charge in [-0.3, -0.25) is 4.79 Å². The first kappa shape index (κ1) is 12.3. The minimum Gasteiger partial charge on any atom is -0.394 e. The molecule has 0 aromatic heterocycles. The molecule has 0 fully saturated rings. The Hall–Kier alpha value is -0.690. The number of carbonyl (C=O) groups is 1. The number of aliphatic hydroxyl groups is 4. The molecule has 0 radical (unpaired) electrons. The first-order valence-corrected chi connectivity index (χ1v) is 3.89. The van der Waals surface area contributed by atoms with Gasteiger partial charge >= 0.3 is 0 Å². The van der Waals surface area contributed by atoms with Gasteiger partial charge in [0, 0.05) is 13.5 Å². The second-order valence-electron chi connectivity index (χ2n) is 2.68. The van der Waals surface area contributed by atoms with Crippen LogP contribution in [0.5, 0.6) is 0 Å². The normalized spacial score (nSPS) is 17.6. The third-order valence-corrected chi connectivity index (χ3v) is 1.65. The smallest absolute Gasteiger partial charge is 0.248 e. The summed E-state index contributed by atoms with van der Waals surface area (Å²) in [6, 6.07) is 0. The average Bonchev–Trinajstić information content (AvgIpc) is 2.14. The standard InChI is InChI=1S/C7H15NO5/c1-8-7(13)5(11)2-4(10)6(12)3-9/h4-6,9-12H,2-3H2,1H3,(H,8,13)/t4-,5-,6-/m1/s1. The summed E-state index contributed by atoms with van der Waals surface area (Å²) in [5.41, 5.74) is 0. The van der Waals surface area contributed by atoms with Crippen molar-refractivity contribution in [2.24, 2.45) is 0 Å². The maximum Gasteiger partial charge on any atom is 0.248 e. The summed E-state index contributed by atoms with van der Waals surface area (Å²) in [6.45, 7) is -0.609. The van der Waals surface area contributed by atoms with E-state index in [2.05, 4.69) is 5.32 Å². The van der Waals surface area contributed by atoms with Gasteiger partial charge in [-0.15, -0.1) is 0 Å². The topological polar surface area (TPSA) is 110 Å². The van der Waals surface area contributed by atoms with Gasteiger partial charge in [-0.25, -0.2) is 0 Å². The number of likely N-dealkylation sites (N-methyl/N-ethyl adjacent to an activating group) is 1. The molecule has 0 aliphatic carbocycles. The molecule has 0 saturated carbocycles. The molecule has 0 rings (SSSR count). The van der Waals surface area contributed by atoms with Gasteiger partial charge in [-0.1, -0.05) is 0 Å². The highest BCUT2D eigenvalue weighted by Gasteiger charge is 2.22. The Bertz CT molecular complexity index is 163. The predicted octanol–water partition coefficient (Wildman–Crippen LogP) is -2.80. The van der Waals surface area contributed by atoms with Crippen molar-refractivity contribution < 1.29 is 25.2 Å². The number of amides is 1. The van der Waals surface area contributed by atoms with Gasteiger partial charge in [0.2, 0.25) is 5.91 Å². The molecule has 0 aromatic rings. The van der Waals surface area contributed by atoms with Gasteiger partial charge in [0.05, 0.1) is 12.7 Å². The molecule has 0 heterocycles. The monoisotopic (exact) mass is 193 g/mol. The molecule has 0 aromatic carbocycles. The maximum atomic E-state index is 10.7. The zero-order chi connectivity index (χ0) is 10.4. The van der Waals surface area contributed by atoms with Gasteiger partial charge in [-0.2, -0.15) is 0 Å². The Morgan fingerprint density at radius 1 is 1.31 bits per heavy atom. The largest absolute Gasteiger partial charge is 0.394 e. The van der Waals surface area contributed by atoms with Crippen LogP contribution < -0.4 is 5.32 Å². The maximum absolute atomic E-state index is 10.7. The second kappa shape index (κ2) is 5.87. The van der Waals surface area contributed by atoms with Crippen molar-refractivity contribution in [3.8, 4) is 0 Å². The lowest BCUT2D eigenvalue weighted by atomic mass is 10.1. The predicted molar refractivity (Wildman–Crippen MR) is 43.8 cm³/mol. The van der Waals surface area contributed by atoms with E-state index >= 15 is 0 Å². The summed E-state index contributed by atoms with van der Waals surface area (Å²) in [7, 11) is 1.35. The second-order valence-corrected chi connectivity index (χ2v) is 2.68.